The van der Waals surface area contributed by atoms with Crippen LogP contribution in [-0.4, -0.2) is 29.0 Å². The maximum atomic E-state index is 12.5. The first-order valence-corrected chi connectivity index (χ1v) is 8.71. The molecule has 0 saturated carbocycles. The Morgan fingerprint density at radius 3 is 2.37 bits per heavy atom. The largest absolute Gasteiger partial charge is 0.495 e. The van der Waals surface area contributed by atoms with Crippen LogP contribution in [0.5, 0.6) is 5.75 Å². The molecule has 7 heteroatoms. The van der Waals surface area contributed by atoms with Crippen molar-refractivity contribution in [1.82, 2.24) is 4.57 Å². The van der Waals surface area contributed by atoms with Crippen molar-refractivity contribution in [3.63, 3.8) is 0 Å². The van der Waals surface area contributed by atoms with E-state index in [9.17, 15) is 14.4 Å². The van der Waals surface area contributed by atoms with Gasteiger partial charge in [0.15, 0.2) is 5.78 Å². The number of carbonyl (C=O) groups excluding carboxylic acids is 2. The Morgan fingerprint density at radius 2 is 1.81 bits per heavy atom. The van der Waals surface area contributed by atoms with Crippen molar-refractivity contribution in [3.05, 3.63) is 51.4 Å². The van der Waals surface area contributed by atoms with Crippen molar-refractivity contribution >= 4 is 23.4 Å². The number of halogens is 1. The fourth-order valence-electron chi connectivity index (χ4n) is 2.61. The normalized spacial score (nSPS) is 11.2. The molecule has 6 nitrogen and oxygen atoms in total. The van der Waals surface area contributed by atoms with Crippen LogP contribution in [0.15, 0.2) is 35.3 Å². The summed E-state index contributed by atoms with van der Waals surface area (Å²) in [5.74, 6) is -0.365. The summed E-state index contributed by atoms with van der Waals surface area (Å²) in [6.07, 6.45) is 1.42. The van der Waals surface area contributed by atoms with Gasteiger partial charge >= 0.3 is 5.97 Å². The third-order valence-corrected chi connectivity index (χ3v) is 3.91. The topological polar surface area (TPSA) is 74.6 Å². The smallest absolute Gasteiger partial charge is 0.326 e. The third kappa shape index (κ3) is 5.20. The summed E-state index contributed by atoms with van der Waals surface area (Å²) in [5, 5.41) is 0.426. The molecule has 2 rings (SSSR count). The van der Waals surface area contributed by atoms with Crippen LogP contribution in [0.2, 0.25) is 5.02 Å². The molecule has 0 saturated heterocycles. The van der Waals surface area contributed by atoms with Crippen LogP contribution in [0.4, 0.5) is 0 Å². The number of benzene rings is 1. The van der Waals surface area contributed by atoms with Gasteiger partial charge in [-0.15, -0.1) is 0 Å². The van der Waals surface area contributed by atoms with E-state index < -0.39 is 17.1 Å². The predicted molar refractivity (Wildman–Crippen MR) is 104 cm³/mol. The maximum Gasteiger partial charge on any atom is 0.326 e. The molecule has 1 aromatic heterocycles. The lowest BCUT2D eigenvalue weighted by Gasteiger charge is -2.20. The van der Waals surface area contributed by atoms with Crippen LogP contribution in [-0.2, 0) is 16.1 Å². The van der Waals surface area contributed by atoms with Crippen molar-refractivity contribution in [2.24, 2.45) is 0 Å². The second kappa shape index (κ2) is 7.96. The average molecular weight is 392 g/mol. The van der Waals surface area contributed by atoms with Crippen LogP contribution in [0.25, 0.3) is 11.1 Å². The predicted octanol–water partition coefficient (Wildman–Crippen LogP) is 3.72. The number of hydrogen-bond donors (Lipinski definition) is 0. The molecule has 0 aliphatic carbocycles. The minimum absolute atomic E-state index is 0.165. The SMILES string of the molecule is COc1cn(CC(=O)OC(C)(C)C)c(=O)cc1-c1cc(Cl)ccc1C(C)=O. The van der Waals surface area contributed by atoms with Gasteiger partial charge in [0.1, 0.15) is 17.9 Å². The number of rotatable bonds is 5. The lowest BCUT2D eigenvalue weighted by atomic mass is 9.97. The molecule has 0 aliphatic heterocycles. The number of nitrogens with zero attached hydrogens (tertiary/aromatic N) is 1. The summed E-state index contributed by atoms with van der Waals surface area (Å²) < 4.78 is 11.8. The first-order chi connectivity index (χ1) is 12.5. The van der Waals surface area contributed by atoms with Crippen LogP contribution in [0.1, 0.15) is 38.1 Å². The van der Waals surface area contributed by atoms with E-state index in [4.69, 9.17) is 21.1 Å². The molecule has 2 aromatic rings. The molecule has 27 heavy (non-hydrogen) atoms. The Bertz CT molecular complexity index is 940. The van der Waals surface area contributed by atoms with Crippen LogP contribution in [0, 0.1) is 0 Å². The molecule has 0 bridgehead atoms. The highest BCUT2D eigenvalue weighted by Crippen LogP contribution is 2.33. The van der Waals surface area contributed by atoms with Gasteiger partial charge in [0.05, 0.1) is 13.3 Å². The Morgan fingerprint density at radius 1 is 1.15 bits per heavy atom. The van der Waals surface area contributed by atoms with E-state index in [0.717, 1.165) is 0 Å². The molecular formula is C20H22ClNO5. The van der Waals surface area contributed by atoms with E-state index in [2.05, 4.69) is 0 Å². The van der Waals surface area contributed by atoms with Gasteiger partial charge in [0.25, 0.3) is 5.56 Å². The highest BCUT2D eigenvalue weighted by Gasteiger charge is 2.19. The Hall–Kier alpha value is -2.60. The molecule has 144 valence electrons. The van der Waals surface area contributed by atoms with Gasteiger partial charge in [-0.25, -0.2) is 0 Å². The summed E-state index contributed by atoms with van der Waals surface area (Å²) in [7, 11) is 1.44. The van der Waals surface area contributed by atoms with Gasteiger partial charge in [0.2, 0.25) is 0 Å². The molecular weight excluding hydrogens is 370 g/mol. The number of methoxy groups -OCH3 is 1. The first-order valence-electron chi connectivity index (χ1n) is 8.33. The van der Waals surface area contributed by atoms with Gasteiger partial charge in [-0.2, -0.15) is 0 Å². The van der Waals surface area contributed by atoms with Gasteiger partial charge in [-0.3, -0.25) is 14.4 Å². The Balaban J connectivity index is 2.52. The summed E-state index contributed by atoms with van der Waals surface area (Å²) >= 11 is 6.07. The zero-order valence-electron chi connectivity index (χ0n) is 16.0. The van der Waals surface area contributed by atoms with E-state index in [1.54, 1.807) is 39.0 Å². The standard InChI is InChI=1S/C20H22ClNO5/c1-12(23)14-7-6-13(21)8-15(14)16-9-18(24)22(10-17(16)26-5)11-19(25)27-20(2,3)4/h6-10H,11H2,1-5H3. The van der Waals surface area contributed by atoms with E-state index in [0.29, 0.717) is 27.5 Å². The van der Waals surface area contributed by atoms with Crippen molar-refractivity contribution < 1.29 is 19.1 Å². The molecule has 0 unspecified atom stereocenters. The van der Waals surface area contributed by atoms with Crippen molar-refractivity contribution in [2.75, 3.05) is 7.11 Å². The van der Waals surface area contributed by atoms with E-state index in [1.165, 1.54) is 30.9 Å². The highest BCUT2D eigenvalue weighted by molar-refractivity contribution is 6.31. The van der Waals surface area contributed by atoms with Crippen LogP contribution >= 0.6 is 11.6 Å². The average Bonchev–Trinajstić information content (AvgIpc) is 2.54. The fraction of sp³-hybridized carbons (Fsp3) is 0.350. The second-order valence-electron chi connectivity index (χ2n) is 7.05. The third-order valence-electron chi connectivity index (χ3n) is 3.68. The lowest BCUT2D eigenvalue weighted by molar-refractivity contribution is -0.155. The first kappa shape index (κ1) is 20.7. The fourth-order valence-corrected chi connectivity index (χ4v) is 2.78. The van der Waals surface area contributed by atoms with Gasteiger partial charge < -0.3 is 14.0 Å². The lowest BCUT2D eigenvalue weighted by Crippen LogP contribution is -2.30. The van der Waals surface area contributed by atoms with Crippen LogP contribution < -0.4 is 10.3 Å². The number of ketones is 1. The number of hydrogen-bond acceptors (Lipinski definition) is 5. The zero-order chi connectivity index (χ0) is 20.4. The molecule has 0 aliphatic rings. The van der Waals surface area contributed by atoms with Crippen molar-refractivity contribution in [1.29, 1.82) is 0 Å². The van der Waals surface area contributed by atoms with Gasteiger partial charge in [-0.1, -0.05) is 11.6 Å². The molecule has 0 atom stereocenters. The summed E-state index contributed by atoms with van der Waals surface area (Å²) in [5.41, 5.74) is 0.263. The monoisotopic (exact) mass is 391 g/mol. The molecule has 0 radical (unpaired) electrons. The number of carbonyl (C=O) groups is 2. The van der Waals surface area contributed by atoms with Crippen molar-refractivity contribution in [2.45, 2.75) is 39.8 Å². The summed E-state index contributed by atoms with van der Waals surface area (Å²) in [4.78, 5) is 36.5. The molecule has 0 amide bonds. The van der Waals surface area contributed by atoms with E-state index >= 15 is 0 Å². The number of Topliss-reactive ketones (excluding diaryl/α,β-unsaturated/α-hetero) is 1. The van der Waals surface area contributed by atoms with Crippen molar-refractivity contribution in [3.8, 4) is 16.9 Å². The molecule has 0 fully saturated rings. The van der Waals surface area contributed by atoms with Gasteiger partial charge in [-0.05, 0) is 51.5 Å². The molecule has 0 N–H and O–H groups in total. The Kier molecular flexibility index (Phi) is 6.11. The maximum absolute atomic E-state index is 12.5. The zero-order valence-corrected chi connectivity index (χ0v) is 16.7. The molecule has 0 spiro atoms. The second-order valence-corrected chi connectivity index (χ2v) is 7.49. The number of pyridine rings is 1. The number of ether oxygens (including phenoxy) is 2. The number of aromatic nitrogens is 1. The highest BCUT2D eigenvalue weighted by atomic mass is 35.5. The molecule has 1 aromatic carbocycles. The van der Waals surface area contributed by atoms with Crippen LogP contribution in [0.3, 0.4) is 0 Å². The van der Waals surface area contributed by atoms with Gasteiger partial charge in [0, 0.05) is 22.2 Å². The summed E-state index contributed by atoms with van der Waals surface area (Å²) in [6.45, 7) is 6.43. The van der Waals surface area contributed by atoms with E-state index in [-0.39, 0.29) is 12.3 Å². The minimum atomic E-state index is -0.651. The molecule has 1 heterocycles. The Labute approximate surface area is 162 Å². The minimum Gasteiger partial charge on any atom is -0.495 e. The number of esters is 1. The quantitative estimate of drug-likeness (QED) is 0.573. The summed E-state index contributed by atoms with van der Waals surface area (Å²) in [6, 6.07) is 6.14. The van der Waals surface area contributed by atoms with E-state index in [1.807, 2.05) is 0 Å².